The Balaban J connectivity index is 2.28. The van der Waals surface area contributed by atoms with Gasteiger partial charge in [-0.1, -0.05) is 12.1 Å². The lowest BCUT2D eigenvalue weighted by atomic mass is 10.1. The molecule has 1 aliphatic heterocycles. The number of halogens is 1. The van der Waals surface area contributed by atoms with Crippen LogP contribution in [0.25, 0.3) is 10.8 Å². The van der Waals surface area contributed by atoms with Gasteiger partial charge in [0.2, 0.25) is 6.29 Å². The third kappa shape index (κ3) is 2.09. The molecule has 0 unspecified atom stereocenters. The molecule has 0 amide bonds. The predicted molar refractivity (Wildman–Crippen MR) is 70.7 cm³/mol. The predicted octanol–water partition coefficient (Wildman–Crippen LogP) is 2.95. The summed E-state index contributed by atoms with van der Waals surface area (Å²) in [5.41, 5.74) is 0.602. The van der Waals surface area contributed by atoms with Crippen LogP contribution in [0.15, 0.2) is 28.9 Å². The van der Waals surface area contributed by atoms with Gasteiger partial charge in [0.05, 0.1) is 28.0 Å². The van der Waals surface area contributed by atoms with Gasteiger partial charge in [-0.15, -0.1) is 0 Å². The van der Waals surface area contributed by atoms with E-state index in [9.17, 15) is 10.1 Å². The number of non-ortho nitro benzene ring substituents is 1. The Morgan fingerprint density at radius 3 is 2.79 bits per heavy atom. The highest BCUT2D eigenvalue weighted by molar-refractivity contribution is 9.10. The van der Waals surface area contributed by atoms with E-state index in [-0.39, 0.29) is 5.69 Å². The minimum Gasteiger partial charge on any atom is -0.345 e. The van der Waals surface area contributed by atoms with Crippen molar-refractivity contribution in [3.8, 4) is 0 Å². The van der Waals surface area contributed by atoms with Crippen molar-refractivity contribution in [2.75, 3.05) is 13.2 Å². The third-order valence-electron chi connectivity index (χ3n) is 2.92. The van der Waals surface area contributed by atoms with Crippen molar-refractivity contribution in [3.63, 3.8) is 0 Å². The van der Waals surface area contributed by atoms with E-state index in [1.165, 1.54) is 12.3 Å². The number of benzene rings is 1. The SMILES string of the molecule is O=[N+]([O-])c1cccc2c(C3OCCO3)ncc(Br)c12. The Hall–Kier alpha value is -1.57. The average Bonchev–Trinajstić information content (AvgIpc) is 2.92. The van der Waals surface area contributed by atoms with Gasteiger partial charge in [-0.3, -0.25) is 15.1 Å². The first kappa shape index (κ1) is 12.5. The smallest absolute Gasteiger partial charge is 0.278 e. The fourth-order valence-corrected chi connectivity index (χ4v) is 2.64. The molecule has 0 bridgehead atoms. The van der Waals surface area contributed by atoms with Crippen LogP contribution in [-0.4, -0.2) is 23.1 Å². The summed E-state index contributed by atoms with van der Waals surface area (Å²) in [5, 5.41) is 12.3. The van der Waals surface area contributed by atoms with Gasteiger partial charge >= 0.3 is 0 Å². The van der Waals surface area contributed by atoms with E-state index in [1.54, 1.807) is 12.1 Å². The molecule has 1 fully saturated rings. The zero-order valence-electron chi connectivity index (χ0n) is 9.71. The van der Waals surface area contributed by atoms with Gasteiger partial charge in [0.25, 0.3) is 5.69 Å². The molecular formula is C12H9BrN2O4. The topological polar surface area (TPSA) is 74.5 Å². The van der Waals surface area contributed by atoms with Gasteiger partial charge in [-0.05, 0) is 15.9 Å². The van der Waals surface area contributed by atoms with Crippen LogP contribution >= 0.6 is 15.9 Å². The van der Waals surface area contributed by atoms with E-state index in [0.29, 0.717) is 34.2 Å². The largest absolute Gasteiger partial charge is 0.345 e. The van der Waals surface area contributed by atoms with Crippen molar-refractivity contribution in [1.29, 1.82) is 0 Å². The quantitative estimate of drug-likeness (QED) is 0.627. The fourth-order valence-electron chi connectivity index (χ4n) is 2.12. The molecule has 1 aromatic carbocycles. The number of nitro benzene ring substituents is 1. The second kappa shape index (κ2) is 4.84. The zero-order chi connectivity index (χ0) is 13.4. The van der Waals surface area contributed by atoms with E-state index >= 15 is 0 Å². The van der Waals surface area contributed by atoms with Gasteiger partial charge in [0, 0.05) is 17.6 Å². The molecule has 3 rings (SSSR count). The first-order valence-corrected chi connectivity index (χ1v) is 6.42. The van der Waals surface area contributed by atoms with Crippen molar-refractivity contribution in [2.24, 2.45) is 0 Å². The van der Waals surface area contributed by atoms with Crippen LogP contribution in [0.2, 0.25) is 0 Å². The van der Waals surface area contributed by atoms with Crippen LogP contribution in [0.4, 0.5) is 5.69 Å². The molecule has 0 aliphatic carbocycles. The van der Waals surface area contributed by atoms with Crippen LogP contribution in [-0.2, 0) is 9.47 Å². The van der Waals surface area contributed by atoms with Crippen LogP contribution in [0.1, 0.15) is 12.0 Å². The molecule has 1 aromatic heterocycles. The van der Waals surface area contributed by atoms with Crippen LogP contribution < -0.4 is 0 Å². The third-order valence-corrected chi connectivity index (χ3v) is 3.52. The number of pyridine rings is 1. The van der Waals surface area contributed by atoms with Gasteiger partial charge < -0.3 is 9.47 Å². The molecule has 7 heteroatoms. The summed E-state index contributed by atoms with van der Waals surface area (Å²) in [6.07, 6.45) is 0.980. The second-order valence-corrected chi connectivity index (χ2v) is 4.88. The summed E-state index contributed by atoms with van der Waals surface area (Å²) in [6, 6.07) is 4.88. The highest BCUT2D eigenvalue weighted by Crippen LogP contribution is 2.36. The lowest BCUT2D eigenvalue weighted by Crippen LogP contribution is -2.03. The molecule has 98 valence electrons. The number of ether oxygens (including phenoxy) is 2. The Kier molecular flexibility index (Phi) is 3.17. The van der Waals surface area contributed by atoms with Gasteiger partial charge in [0.1, 0.15) is 5.69 Å². The highest BCUT2D eigenvalue weighted by Gasteiger charge is 2.25. The van der Waals surface area contributed by atoms with Crippen molar-refractivity contribution < 1.29 is 14.4 Å². The van der Waals surface area contributed by atoms with E-state index in [0.717, 1.165) is 0 Å². The lowest BCUT2D eigenvalue weighted by Gasteiger charge is -2.12. The fraction of sp³-hybridized carbons (Fsp3) is 0.250. The molecule has 19 heavy (non-hydrogen) atoms. The number of hydrogen-bond donors (Lipinski definition) is 0. The van der Waals surface area contributed by atoms with E-state index in [2.05, 4.69) is 20.9 Å². The molecule has 0 radical (unpaired) electrons. The van der Waals surface area contributed by atoms with Crippen LogP contribution in [0, 0.1) is 10.1 Å². The van der Waals surface area contributed by atoms with Crippen molar-refractivity contribution >= 4 is 32.4 Å². The Labute approximate surface area is 116 Å². The van der Waals surface area contributed by atoms with Crippen LogP contribution in [0.3, 0.4) is 0 Å². The summed E-state index contributed by atoms with van der Waals surface area (Å²) in [6.45, 7) is 0.998. The molecule has 2 heterocycles. The normalized spacial score (nSPS) is 16.1. The first-order chi connectivity index (χ1) is 9.18. The Morgan fingerprint density at radius 1 is 1.37 bits per heavy atom. The number of nitrogens with zero attached hydrogens (tertiary/aromatic N) is 2. The van der Waals surface area contributed by atoms with Gasteiger partial charge in [-0.25, -0.2) is 0 Å². The minimum absolute atomic E-state index is 0.0334. The minimum atomic E-state index is -0.558. The summed E-state index contributed by atoms with van der Waals surface area (Å²) in [4.78, 5) is 15.0. The summed E-state index contributed by atoms with van der Waals surface area (Å²) in [5.74, 6) is 0. The summed E-state index contributed by atoms with van der Waals surface area (Å²) < 4.78 is 11.4. The summed E-state index contributed by atoms with van der Waals surface area (Å²) >= 11 is 3.31. The van der Waals surface area contributed by atoms with Gasteiger partial charge in [-0.2, -0.15) is 0 Å². The Morgan fingerprint density at radius 2 is 2.11 bits per heavy atom. The maximum absolute atomic E-state index is 11.1. The molecule has 6 nitrogen and oxygen atoms in total. The molecule has 0 saturated carbocycles. The van der Waals surface area contributed by atoms with E-state index < -0.39 is 11.2 Å². The molecule has 1 aliphatic rings. The second-order valence-electron chi connectivity index (χ2n) is 4.02. The van der Waals surface area contributed by atoms with Crippen molar-refractivity contribution in [1.82, 2.24) is 4.98 Å². The van der Waals surface area contributed by atoms with E-state index in [4.69, 9.17) is 9.47 Å². The summed E-state index contributed by atoms with van der Waals surface area (Å²) in [7, 11) is 0. The number of aromatic nitrogens is 1. The maximum Gasteiger partial charge on any atom is 0.278 e. The molecule has 2 aromatic rings. The molecule has 1 saturated heterocycles. The average molecular weight is 325 g/mol. The van der Waals surface area contributed by atoms with Gasteiger partial charge in [0.15, 0.2) is 0 Å². The zero-order valence-corrected chi connectivity index (χ0v) is 11.3. The van der Waals surface area contributed by atoms with Crippen molar-refractivity contribution in [2.45, 2.75) is 6.29 Å². The number of rotatable bonds is 2. The van der Waals surface area contributed by atoms with Crippen molar-refractivity contribution in [3.05, 3.63) is 44.7 Å². The Bertz CT molecular complexity index is 655. The van der Waals surface area contributed by atoms with E-state index in [1.807, 2.05) is 0 Å². The first-order valence-electron chi connectivity index (χ1n) is 5.63. The molecule has 0 spiro atoms. The molecule has 0 atom stereocenters. The lowest BCUT2D eigenvalue weighted by molar-refractivity contribution is -0.383. The highest BCUT2D eigenvalue weighted by atomic mass is 79.9. The maximum atomic E-state index is 11.1. The standard InChI is InChI=1S/C12H9BrN2O4/c13-8-6-14-11(12-18-4-5-19-12)7-2-1-3-9(10(7)8)15(16)17/h1-3,6,12H,4-5H2. The number of nitro groups is 1. The molecular weight excluding hydrogens is 316 g/mol. The monoisotopic (exact) mass is 324 g/mol. The molecule has 0 N–H and O–H groups in total. The number of fused-ring (bicyclic) bond motifs is 1. The number of hydrogen-bond acceptors (Lipinski definition) is 5. The van der Waals surface area contributed by atoms with Crippen LogP contribution in [0.5, 0.6) is 0 Å².